The molecule has 2 aromatic carbocycles. The summed E-state index contributed by atoms with van der Waals surface area (Å²) < 4.78 is 11.9. The second-order valence-corrected chi connectivity index (χ2v) is 6.53. The Morgan fingerprint density at radius 3 is 2.74 bits per heavy atom. The molecule has 2 aliphatic rings. The third kappa shape index (κ3) is 2.54. The molecule has 0 aromatic heterocycles. The zero-order valence-corrected chi connectivity index (χ0v) is 13.7. The Labute approximate surface area is 137 Å². The summed E-state index contributed by atoms with van der Waals surface area (Å²) in [7, 11) is 0. The van der Waals surface area contributed by atoms with Crippen LogP contribution in [0.3, 0.4) is 0 Å². The molecule has 3 nitrogen and oxygen atoms in total. The van der Waals surface area contributed by atoms with E-state index in [-0.39, 0.29) is 18.2 Å². The van der Waals surface area contributed by atoms with Crippen molar-refractivity contribution in [3.63, 3.8) is 0 Å². The Hall–Kier alpha value is -1.84. The summed E-state index contributed by atoms with van der Waals surface area (Å²) in [5.74, 6) is 0.563. The molecule has 0 bridgehead atoms. The Kier molecular flexibility index (Phi) is 3.83. The van der Waals surface area contributed by atoms with E-state index in [0.717, 1.165) is 12.1 Å². The second-order valence-electron chi connectivity index (χ2n) is 6.53. The van der Waals surface area contributed by atoms with Gasteiger partial charge >= 0.3 is 0 Å². The van der Waals surface area contributed by atoms with Crippen LogP contribution in [0, 0.1) is 0 Å². The van der Waals surface area contributed by atoms with Gasteiger partial charge in [0.1, 0.15) is 19.0 Å². The first-order valence-corrected chi connectivity index (χ1v) is 8.46. The molecule has 0 saturated carbocycles. The molecule has 4 atom stereocenters. The number of anilines is 1. The van der Waals surface area contributed by atoms with Crippen LogP contribution in [0.25, 0.3) is 0 Å². The molecule has 120 valence electrons. The first-order valence-electron chi connectivity index (χ1n) is 8.46. The summed E-state index contributed by atoms with van der Waals surface area (Å²) in [5.41, 5.74) is 5.01. The molecule has 1 saturated heterocycles. The third-order valence-corrected chi connectivity index (χ3v) is 5.17. The number of fused-ring (bicyclic) bond motifs is 3. The summed E-state index contributed by atoms with van der Waals surface area (Å²) in [6.07, 6.45) is 1.18. The van der Waals surface area contributed by atoms with E-state index in [1.54, 1.807) is 0 Å². The number of benzene rings is 2. The van der Waals surface area contributed by atoms with Crippen LogP contribution in [-0.4, -0.2) is 12.9 Å². The van der Waals surface area contributed by atoms with Gasteiger partial charge in [-0.25, -0.2) is 0 Å². The van der Waals surface area contributed by atoms with E-state index in [9.17, 15) is 0 Å². The molecule has 2 aliphatic heterocycles. The predicted octanol–water partition coefficient (Wildman–Crippen LogP) is 4.78. The highest BCUT2D eigenvalue weighted by atomic mass is 16.7. The highest BCUT2D eigenvalue weighted by molar-refractivity contribution is 5.59. The molecular weight excluding hydrogens is 286 g/mol. The van der Waals surface area contributed by atoms with Crippen LogP contribution in [0.2, 0.25) is 0 Å². The van der Waals surface area contributed by atoms with E-state index in [1.807, 2.05) is 6.07 Å². The topological polar surface area (TPSA) is 30.5 Å². The summed E-state index contributed by atoms with van der Waals surface area (Å²) in [6.45, 7) is 4.87. The highest BCUT2D eigenvalue weighted by Crippen LogP contribution is 2.46. The van der Waals surface area contributed by atoms with E-state index in [0.29, 0.717) is 12.7 Å². The zero-order chi connectivity index (χ0) is 15.8. The van der Waals surface area contributed by atoms with Gasteiger partial charge in [-0.15, -0.1) is 0 Å². The fourth-order valence-corrected chi connectivity index (χ4v) is 3.58. The quantitative estimate of drug-likeness (QED) is 0.885. The lowest BCUT2D eigenvalue weighted by molar-refractivity contribution is 0.0367. The first-order chi connectivity index (χ1) is 11.3. The van der Waals surface area contributed by atoms with Crippen molar-refractivity contribution in [2.24, 2.45) is 0 Å². The normalized spacial score (nSPS) is 27.0. The minimum absolute atomic E-state index is 0.0143. The van der Waals surface area contributed by atoms with E-state index in [2.05, 4.69) is 61.6 Å². The fourth-order valence-electron chi connectivity index (χ4n) is 3.58. The van der Waals surface area contributed by atoms with E-state index in [1.165, 1.54) is 16.7 Å². The molecule has 0 amide bonds. The van der Waals surface area contributed by atoms with Crippen molar-refractivity contribution in [3.05, 3.63) is 65.2 Å². The van der Waals surface area contributed by atoms with Gasteiger partial charge < -0.3 is 14.8 Å². The maximum absolute atomic E-state index is 5.94. The largest absolute Gasteiger partial charge is 0.375 e. The van der Waals surface area contributed by atoms with Gasteiger partial charge in [-0.1, -0.05) is 56.3 Å². The monoisotopic (exact) mass is 309 g/mol. The van der Waals surface area contributed by atoms with Crippen molar-refractivity contribution in [1.29, 1.82) is 0 Å². The molecular formula is C20H23NO2. The molecule has 0 radical (unpaired) electrons. The molecule has 2 aromatic rings. The lowest BCUT2D eigenvalue weighted by atomic mass is 9.86. The number of ether oxygens (including phenoxy) is 2. The molecule has 2 heterocycles. The van der Waals surface area contributed by atoms with Gasteiger partial charge in [-0.05, 0) is 29.5 Å². The fraction of sp³-hybridized carbons (Fsp3) is 0.400. The van der Waals surface area contributed by atoms with Gasteiger partial charge in [0.15, 0.2) is 0 Å². The standard InChI is InChI=1S/C20H23NO2/c1-3-13(2)15-9-10-17-16(11-15)19-20(23-12-22-19)18(21-17)14-7-5-4-6-8-14/h4-11,13,18-21H,3,12H2,1-2H3. The van der Waals surface area contributed by atoms with Crippen molar-refractivity contribution >= 4 is 5.69 Å². The zero-order valence-electron chi connectivity index (χ0n) is 13.7. The Morgan fingerprint density at radius 1 is 1.13 bits per heavy atom. The van der Waals surface area contributed by atoms with Crippen LogP contribution < -0.4 is 5.32 Å². The molecule has 4 unspecified atom stereocenters. The maximum Gasteiger partial charge on any atom is 0.148 e. The lowest BCUT2D eigenvalue weighted by Crippen LogP contribution is -2.34. The number of hydrogen-bond donors (Lipinski definition) is 1. The van der Waals surface area contributed by atoms with Gasteiger partial charge in [-0.3, -0.25) is 0 Å². The maximum atomic E-state index is 5.94. The van der Waals surface area contributed by atoms with Crippen molar-refractivity contribution in [2.75, 3.05) is 12.1 Å². The first kappa shape index (κ1) is 14.7. The van der Waals surface area contributed by atoms with Crippen LogP contribution in [0.1, 0.15) is 55.0 Å². The number of hydrogen-bond acceptors (Lipinski definition) is 3. The van der Waals surface area contributed by atoms with E-state index >= 15 is 0 Å². The second kappa shape index (κ2) is 5.99. The lowest BCUT2D eigenvalue weighted by Gasteiger charge is -2.35. The molecule has 1 N–H and O–H groups in total. The van der Waals surface area contributed by atoms with Gasteiger partial charge in [0.05, 0.1) is 6.04 Å². The van der Waals surface area contributed by atoms with Crippen LogP contribution in [-0.2, 0) is 9.47 Å². The summed E-state index contributed by atoms with van der Waals surface area (Å²) >= 11 is 0. The number of rotatable bonds is 3. The Balaban J connectivity index is 1.73. The molecule has 23 heavy (non-hydrogen) atoms. The predicted molar refractivity (Wildman–Crippen MR) is 91.5 cm³/mol. The van der Waals surface area contributed by atoms with Crippen molar-refractivity contribution in [3.8, 4) is 0 Å². The Bertz CT molecular complexity index is 685. The highest BCUT2D eigenvalue weighted by Gasteiger charge is 2.42. The van der Waals surface area contributed by atoms with Crippen LogP contribution in [0.5, 0.6) is 0 Å². The summed E-state index contributed by atoms with van der Waals surface area (Å²) in [4.78, 5) is 0. The third-order valence-electron chi connectivity index (χ3n) is 5.17. The number of nitrogens with one attached hydrogen (secondary N) is 1. The van der Waals surface area contributed by atoms with E-state index < -0.39 is 0 Å². The van der Waals surface area contributed by atoms with Crippen LogP contribution >= 0.6 is 0 Å². The molecule has 4 rings (SSSR count). The average Bonchev–Trinajstić information content (AvgIpc) is 3.10. The van der Waals surface area contributed by atoms with Crippen LogP contribution in [0.4, 0.5) is 5.69 Å². The molecule has 0 spiro atoms. The summed E-state index contributed by atoms with van der Waals surface area (Å²) in [6, 6.07) is 17.3. The van der Waals surface area contributed by atoms with Crippen LogP contribution in [0.15, 0.2) is 48.5 Å². The van der Waals surface area contributed by atoms with Gasteiger partial charge in [0.2, 0.25) is 0 Å². The Morgan fingerprint density at radius 2 is 1.96 bits per heavy atom. The van der Waals surface area contributed by atoms with Gasteiger partial charge in [-0.2, -0.15) is 0 Å². The summed E-state index contributed by atoms with van der Waals surface area (Å²) in [5, 5.41) is 3.66. The SMILES string of the molecule is CCC(C)c1ccc2c(c1)C1OCOC1C(c1ccccc1)N2. The molecule has 0 aliphatic carbocycles. The van der Waals surface area contributed by atoms with Gasteiger partial charge in [0.25, 0.3) is 0 Å². The molecule has 1 fully saturated rings. The van der Waals surface area contributed by atoms with Crippen molar-refractivity contribution < 1.29 is 9.47 Å². The smallest absolute Gasteiger partial charge is 0.148 e. The van der Waals surface area contributed by atoms with Crippen molar-refractivity contribution in [2.45, 2.75) is 44.4 Å². The minimum Gasteiger partial charge on any atom is -0.375 e. The van der Waals surface area contributed by atoms with Crippen molar-refractivity contribution in [1.82, 2.24) is 0 Å². The minimum atomic E-state index is 0.0143. The average molecular weight is 309 g/mol. The molecule has 3 heteroatoms. The van der Waals surface area contributed by atoms with Gasteiger partial charge in [0, 0.05) is 11.3 Å². The van der Waals surface area contributed by atoms with E-state index in [4.69, 9.17) is 9.47 Å².